The first-order chi connectivity index (χ1) is 7.61. The molecule has 0 saturated heterocycles. The molecule has 0 aliphatic heterocycles. The van der Waals surface area contributed by atoms with Crippen molar-refractivity contribution in [2.45, 2.75) is 65.3 Å². The lowest BCUT2D eigenvalue weighted by Crippen LogP contribution is -2.37. The Hall–Kier alpha value is -0.0500. The van der Waals surface area contributed by atoms with Gasteiger partial charge in [-0.1, -0.05) is 55.5 Å². The van der Waals surface area contributed by atoms with Crippen LogP contribution in [0.5, 0.6) is 0 Å². The summed E-state index contributed by atoms with van der Waals surface area (Å²) in [5, 5.41) is 3.99. The summed E-state index contributed by atoms with van der Waals surface area (Å²) in [4.78, 5) is 11.6. The van der Waals surface area contributed by atoms with Crippen molar-refractivity contribution in [1.29, 1.82) is 0 Å². The number of carbonyl (C=O) groups is 1. The molecular formula is C13H26BrNO. The molecule has 2 unspecified atom stereocenters. The fourth-order valence-electron chi connectivity index (χ4n) is 1.49. The Balaban J connectivity index is 3.51. The quantitative estimate of drug-likeness (QED) is 0.507. The van der Waals surface area contributed by atoms with Crippen LogP contribution in [0.15, 0.2) is 0 Å². The highest BCUT2D eigenvalue weighted by Gasteiger charge is 2.12. The molecule has 3 heteroatoms. The van der Waals surface area contributed by atoms with Crippen LogP contribution >= 0.6 is 15.9 Å². The van der Waals surface area contributed by atoms with Crippen molar-refractivity contribution in [3.63, 3.8) is 0 Å². The fraction of sp³-hybridized carbons (Fsp3) is 0.923. The summed E-state index contributed by atoms with van der Waals surface area (Å²) >= 11 is 3.44. The van der Waals surface area contributed by atoms with E-state index in [0.717, 1.165) is 11.8 Å². The molecule has 0 saturated carbocycles. The zero-order valence-corrected chi connectivity index (χ0v) is 12.5. The van der Waals surface area contributed by atoms with Gasteiger partial charge in [0.25, 0.3) is 0 Å². The maximum atomic E-state index is 11.6. The van der Waals surface area contributed by atoms with E-state index < -0.39 is 0 Å². The molecule has 0 aromatic rings. The van der Waals surface area contributed by atoms with E-state index in [1.807, 2.05) is 0 Å². The molecule has 2 atom stereocenters. The molecule has 0 fully saturated rings. The van der Waals surface area contributed by atoms with Crippen LogP contribution in [-0.2, 0) is 4.79 Å². The third-order valence-electron chi connectivity index (χ3n) is 2.99. The molecule has 1 N–H and O–H groups in total. The van der Waals surface area contributed by atoms with Crippen LogP contribution in [-0.4, -0.2) is 17.3 Å². The first-order valence-corrected chi connectivity index (χ1v) is 7.59. The van der Waals surface area contributed by atoms with Gasteiger partial charge in [-0.15, -0.1) is 0 Å². The number of rotatable bonds is 9. The minimum atomic E-state index is 0.205. The third-order valence-corrected chi connectivity index (χ3v) is 4.01. The summed E-state index contributed by atoms with van der Waals surface area (Å²) in [6, 6.07) is 0.266. The second-order valence-electron chi connectivity index (χ2n) is 4.65. The Morgan fingerprint density at radius 1 is 1.19 bits per heavy atom. The Morgan fingerprint density at radius 2 is 1.81 bits per heavy atom. The number of nitrogens with one attached hydrogen (secondary N) is 1. The maximum absolute atomic E-state index is 11.6. The van der Waals surface area contributed by atoms with Crippen LogP contribution in [0.2, 0.25) is 0 Å². The van der Waals surface area contributed by atoms with Gasteiger partial charge in [-0.25, -0.2) is 0 Å². The molecule has 0 radical (unpaired) electrons. The van der Waals surface area contributed by atoms with Gasteiger partial charge in [0, 0.05) is 17.8 Å². The molecule has 0 bridgehead atoms. The van der Waals surface area contributed by atoms with Gasteiger partial charge in [-0.2, -0.15) is 0 Å². The molecule has 0 rings (SSSR count). The summed E-state index contributed by atoms with van der Waals surface area (Å²) < 4.78 is 0. The second kappa shape index (κ2) is 10.1. The number of halogens is 1. The van der Waals surface area contributed by atoms with Crippen molar-refractivity contribution in [2.24, 2.45) is 5.92 Å². The van der Waals surface area contributed by atoms with E-state index in [1.165, 1.54) is 25.7 Å². The van der Waals surface area contributed by atoms with E-state index in [0.29, 0.717) is 12.3 Å². The zero-order valence-electron chi connectivity index (χ0n) is 10.9. The minimum Gasteiger partial charge on any atom is -0.353 e. The molecule has 0 aliphatic rings. The van der Waals surface area contributed by atoms with E-state index in [4.69, 9.17) is 0 Å². The molecular weight excluding hydrogens is 266 g/mol. The number of hydrogen-bond donors (Lipinski definition) is 1. The molecule has 2 nitrogen and oxygen atoms in total. The van der Waals surface area contributed by atoms with E-state index in [-0.39, 0.29) is 11.9 Å². The first kappa shape index (κ1) is 16.0. The number of alkyl halides is 1. The van der Waals surface area contributed by atoms with E-state index in [2.05, 4.69) is 42.0 Å². The van der Waals surface area contributed by atoms with Crippen molar-refractivity contribution in [2.75, 3.05) is 5.33 Å². The summed E-state index contributed by atoms with van der Waals surface area (Å²) in [6.45, 7) is 6.41. The largest absolute Gasteiger partial charge is 0.353 e. The molecule has 0 aliphatic carbocycles. The Labute approximate surface area is 109 Å². The van der Waals surface area contributed by atoms with Gasteiger partial charge in [0.05, 0.1) is 0 Å². The van der Waals surface area contributed by atoms with Crippen molar-refractivity contribution in [3.05, 3.63) is 0 Å². The van der Waals surface area contributed by atoms with E-state index in [9.17, 15) is 4.79 Å². The van der Waals surface area contributed by atoms with E-state index in [1.54, 1.807) is 0 Å². The summed E-state index contributed by atoms with van der Waals surface area (Å²) in [6.07, 6.45) is 6.70. The predicted molar refractivity (Wildman–Crippen MR) is 73.9 cm³/mol. The molecule has 1 amide bonds. The van der Waals surface area contributed by atoms with Crippen LogP contribution < -0.4 is 5.32 Å². The lowest BCUT2D eigenvalue weighted by atomic mass is 10.1. The standard InChI is InChI=1S/C13H26BrNO/c1-4-5-6-7-8-9-13(16)15-12(3)11(2)10-14/h11-12H,4-10H2,1-3H3,(H,15,16). The molecule has 0 heterocycles. The summed E-state index contributed by atoms with van der Waals surface area (Å²) in [5.41, 5.74) is 0. The van der Waals surface area contributed by atoms with Crippen LogP contribution in [0.4, 0.5) is 0 Å². The Kier molecular flexibility index (Phi) is 10.1. The van der Waals surface area contributed by atoms with Crippen molar-refractivity contribution < 1.29 is 4.79 Å². The minimum absolute atomic E-state index is 0.205. The zero-order chi connectivity index (χ0) is 12.4. The molecule has 96 valence electrons. The molecule has 0 spiro atoms. The van der Waals surface area contributed by atoms with Crippen LogP contribution in [0, 0.1) is 5.92 Å². The van der Waals surface area contributed by atoms with Gasteiger partial charge in [-0.05, 0) is 19.3 Å². The lowest BCUT2D eigenvalue weighted by Gasteiger charge is -2.19. The van der Waals surface area contributed by atoms with Crippen LogP contribution in [0.3, 0.4) is 0 Å². The summed E-state index contributed by atoms with van der Waals surface area (Å²) in [5.74, 6) is 0.695. The van der Waals surface area contributed by atoms with Gasteiger partial charge in [0.1, 0.15) is 0 Å². The van der Waals surface area contributed by atoms with Gasteiger partial charge in [0.2, 0.25) is 5.91 Å². The maximum Gasteiger partial charge on any atom is 0.220 e. The number of hydrogen-bond acceptors (Lipinski definition) is 1. The van der Waals surface area contributed by atoms with Gasteiger partial charge in [0.15, 0.2) is 0 Å². The lowest BCUT2D eigenvalue weighted by molar-refractivity contribution is -0.122. The predicted octanol–water partition coefficient (Wildman–Crippen LogP) is 3.88. The van der Waals surface area contributed by atoms with Crippen molar-refractivity contribution in [3.8, 4) is 0 Å². The van der Waals surface area contributed by atoms with Crippen LogP contribution in [0.1, 0.15) is 59.3 Å². The van der Waals surface area contributed by atoms with Gasteiger partial charge in [-0.3, -0.25) is 4.79 Å². The highest BCUT2D eigenvalue weighted by atomic mass is 79.9. The number of carbonyl (C=O) groups excluding carboxylic acids is 1. The number of amides is 1. The van der Waals surface area contributed by atoms with Crippen LogP contribution in [0.25, 0.3) is 0 Å². The average molecular weight is 292 g/mol. The Bertz CT molecular complexity index is 185. The van der Waals surface area contributed by atoms with Crippen molar-refractivity contribution >= 4 is 21.8 Å². The summed E-state index contributed by atoms with van der Waals surface area (Å²) in [7, 11) is 0. The van der Waals surface area contributed by atoms with Gasteiger partial charge < -0.3 is 5.32 Å². The van der Waals surface area contributed by atoms with Crippen molar-refractivity contribution in [1.82, 2.24) is 5.32 Å². The molecule has 0 aromatic heterocycles. The number of unbranched alkanes of at least 4 members (excludes halogenated alkanes) is 4. The molecule has 16 heavy (non-hydrogen) atoms. The smallest absolute Gasteiger partial charge is 0.220 e. The topological polar surface area (TPSA) is 29.1 Å². The molecule has 0 aromatic carbocycles. The average Bonchev–Trinajstić information content (AvgIpc) is 2.27. The second-order valence-corrected chi connectivity index (χ2v) is 5.30. The Morgan fingerprint density at radius 3 is 2.38 bits per heavy atom. The monoisotopic (exact) mass is 291 g/mol. The normalized spacial score (nSPS) is 14.5. The highest BCUT2D eigenvalue weighted by molar-refractivity contribution is 9.09. The SMILES string of the molecule is CCCCCCCC(=O)NC(C)C(C)CBr. The first-order valence-electron chi connectivity index (χ1n) is 6.47. The highest BCUT2D eigenvalue weighted by Crippen LogP contribution is 2.08. The fourth-order valence-corrected chi connectivity index (χ4v) is 2.05. The van der Waals surface area contributed by atoms with Gasteiger partial charge >= 0.3 is 0 Å². The third kappa shape index (κ3) is 8.14. The van der Waals surface area contributed by atoms with E-state index >= 15 is 0 Å².